The molecule has 0 fully saturated rings. The summed E-state index contributed by atoms with van der Waals surface area (Å²) in [5, 5.41) is 2.90. The number of nitrogens with one attached hydrogen (secondary N) is 1. The monoisotopic (exact) mass is 358 g/mol. The van der Waals surface area contributed by atoms with E-state index in [1.165, 1.54) is 0 Å². The molecule has 0 bridgehead atoms. The third kappa shape index (κ3) is 5.67. The van der Waals surface area contributed by atoms with Crippen molar-refractivity contribution in [3.05, 3.63) is 48.0 Å². The topological polar surface area (TPSA) is 60.0 Å². The van der Waals surface area contributed by atoms with Crippen molar-refractivity contribution < 1.29 is 19.0 Å². The number of benzene rings is 2. The summed E-state index contributed by atoms with van der Waals surface area (Å²) < 4.78 is 15.6. The number of carbonyl (C=O) groups is 1. The number of anilines is 1. The molecule has 0 saturated carbocycles. The van der Waals surface area contributed by atoms with E-state index in [1.807, 2.05) is 31.2 Å². The molecule has 2 rings (SSSR count). The van der Waals surface area contributed by atoms with Crippen LogP contribution in [0.2, 0.25) is 0 Å². The number of carbonyl (C=O) groups excluding carboxylic acids is 1. The number of hydrogen-bond acceptors (Lipinski definition) is 5. The van der Waals surface area contributed by atoms with E-state index in [2.05, 4.69) is 10.2 Å². The molecule has 26 heavy (non-hydrogen) atoms. The van der Waals surface area contributed by atoms with Crippen LogP contribution in [0.15, 0.2) is 42.5 Å². The third-order valence-electron chi connectivity index (χ3n) is 4.01. The van der Waals surface area contributed by atoms with Crippen LogP contribution < -0.4 is 19.5 Å². The first kappa shape index (κ1) is 19.6. The quantitative estimate of drug-likeness (QED) is 0.746. The molecule has 6 nitrogen and oxygen atoms in total. The number of amides is 1. The second kappa shape index (κ2) is 9.68. The summed E-state index contributed by atoms with van der Waals surface area (Å²) in [7, 11) is 4.80. The number of nitrogens with zero attached hydrogens (tertiary/aromatic N) is 1. The Labute approximate surface area is 154 Å². The summed E-state index contributed by atoms with van der Waals surface area (Å²) in [6.45, 7) is 3.78. The lowest BCUT2D eigenvalue weighted by Gasteiger charge is -2.20. The van der Waals surface area contributed by atoms with E-state index in [0.29, 0.717) is 30.3 Å². The van der Waals surface area contributed by atoms with E-state index in [-0.39, 0.29) is 5.91 Å². The fraction of sp³-hybridized carbons (Fsp3) is 0.350. The zero-order valence-corrected chi connectivity index (χ0v) is 15.7. The number of methoxy groups -OCH3 is 3. The van der Waals surface area contributed by atoms with Gasteiger partial charge in [0.2, 0.25) is 5.91 Å². The molecule has 0 spiro atoms. The Kier molecular flexibility index (Phi) is 7.29. The predicted molar refractivity (Wildman–Crippen MR) is 102 cm³/mol. The minimum Gasteiger partial charge on any atom is -0.497 e. The predicted octanol–water partition coefficient (Wildman–Crippen LogP) is 3.17. The molecule has 1 N–H and O–H groups in total. The van der Waals surface area contributed by atoms with E-state index >= 15 is 0 Å². The van der Waals surface area contributed by atoms with Crippen LogP contribution in [-0.2, 0) is 11.3 Å². The van der Waals surface area contributed by atoms with Gasteiger partial charge in [0.1, 0.15) is 17.2 Å². The second-order valence-corrected chi connectivity index (χ2v) is 5.80. The molecule has 1 amide bonds. The molecule has 0 atom stereocenters. The summed E-state index contributed by atoms with van der Waals surface area (Å²) in [4.78, 5) is 14.5. The van der Waals surface area contributed by atoms with E-state index in [4.69, 9.17) is 14.2 Å². The number of rotatable bonds is 9. The van der Waals surface area contributed by atoms with Gasteiger partial charge in [-0.25, -0.2) is 0 Å². The Bertz CT molecular complexity index is 694. The van der Waals surface area contributed by atoms with Crippen LogP contribution >= 0.6 is 0 Å². The number of ether oxygens (including phenoxy) is 3. The molecular formula is C20H26N2O4. The van der Waals surface area contributed by atoms with Gasteiger partial charge in [-0.2, -0.15) is 0 Å². The van der Waals surface area contributed by atoms with Gasteiger partial charge >= 0.3 is 0 Å². The minimum absolute atomic E-state index is 0.0873. The van der Waals surface area contributed by atoms with Crippen molar-refractivity contribution in [3.63, 3.8) is 0 Å². The van der Waals surface area contributed by atoms with Crippen LogP contribution in [0.1, 0.15) is 12.5 Å². The van der Waals surface area contributed by atoms with Crippen LogP contribution in [0.5, 0.6) is 17.2 Å². The largest absolute Gasteiger partial charge is 0.497 e. The first-order valence-electron chi connectivity index (χ1n) is 8.46. The minimum atomic E-state index is -0.0873. The molecule has 6 heteroatoms. The summed E-state index contributed by atoms with van der Waals surface area (Å²) in [5.41, 5.74) is 1.77. The van der Waals surface area contributed by atoms with Gasteiger partial charge in [-0.3, -0.25) is 9.69 Å². The highest BCUT2D eigenvalue weighted by Crippen LogP contribution is 2.25. The molecule has 0 saturated heterocycles. The normalized spacial score (nSPS) is 10.5. The second-order valence-electron chi connectivity index (χ2n) is 5.80. The summed E-state index contributed by atoms with van der Waals surface area (Å²) >= 11 is 0. The standard InChI is InChI=1S/C20H26N2O4/c1-5-22(13-15-6-8-17(24-2)9-7-15)14-20(23)21-16-10-18(25-3)12-19(11-16)26-4/h6-12H,5,13-14H2,1-4H3,(H,21,23). The van der Waals surface area contributed by atoms with E-state index < -0.39 is 0 Å². The molecule has 0 radical (unpaired) electrons. The van der Waals surface area contributed by atoms with Gasteiger partial charge in [0, 0.05) is 30.4 Å². The van der Waals surface area contributed by atoms with Crippen molar-refractivity contribution in [3.8, 4) is 17.2 Å². The van der Waals surface area contributed by atoms with E-state index in [0.717, 1.165) is 17.9 Å². The van der Waals surface area contributed by atoms with Crippen LogP contribution in [0, 0.1) is 0 Å². The van der Waals surface area contributed by atoms with Crippen LogP contribution in [0.4, 0.5) is 5.69 Å². The fourth-order valence-corrected chi connectivity index (χ4v) is 2.55. The van der Waals surface area contributed by atoms with Crippen molar-refractivity contribution in [2.75, 3.05) is 39.7 Å². The van der Waals surface area contributed by atoms with E-state index in [1.54, 1.807) is 39.5 Å². The average molecular weight is 358 g/mol. The maximum atomic E-state index is 12.4. The Morgan fingerprint density at radius 3 is 2.00 bits per heavy atom. The molecule has 2 aromatic rings. The van der Waals surface area contributed by atoms with Gasteiger partial charge in [-0.1, -0.05) is 19.1 Å². The molecule has 0 aliphatic carbocycles. The Morgan fingerprint density at radius 2 is 1.50 bits per heavy atom. The zero-order valence-electron chi connectivity index (χ0n) is 15.7. The van der Waals surface area contributed by atoms with Gasteiger partial charge in [0.05, 0.1) is 27.9 Å². The zero-order chi connectivity index (χ0) is 18.9. The molecule has 0 heterocycles. The molecule has 0 unspecified atom stereocenters. The highest BCUT2D eigenvalue weighted by molar-refractivity contribution is 5.92. The lowest BCUT2D eigenvalue weighted by atomic mass is 10.2. The van der Waals surface area contributed by atoms with Crippen molar-refractivity contribution in [1.82, 2.24) is 4.90 Å². The summed E-state index contributed by atoms with van der Waals surface area (Å²) in [6, 6.07) is 13.1. The van der Waals surface area contributed by atoms with Gasteiger partial charge < -0.3 is 19.5 Å². The molecule has 0 aliphatic heterocycles. The molecule has 0 aliphatic rings. The lowest BCUT2D eigenvalue weighted by molar-refractivity contribution is -0.117. The highest BCUT2D eigenvalue weighted by atomic mass is 16.5. The third-order valence-corrected chi connectivity index (χ3v) is 4.01. The number of likely N-dealkylation sites (N-methyl/N-ethyl adjacent to an activating group) is 1. The SMILES string of the molecule is CCN(CC(=O)Nc1cc(OC)cc(OC)c1)Cc1ccc(OC)cc1. The van der Waals surface area contributed by atoms with Gasteiger partial charge in [-0.15, -0.1) is 0 Å². The van der Waals surface area contributed by atoms with Gasteiger partial charge in [0.25, 0.3) is 0 Å². The maximum Gasteiger partial charge on any atom is 0.238 e. The molecule has 0 aromatic heterocycles. The van der Waals surface area contributed by atoms with Crippen molar-refractivity contribution in [2.45, 2.75) is 13.5 Å². The summed E-state index contributed by atoms with van der Waals surface area (Å²) in [6.07, 6.45) is 0. The molecule has 140 valence electrons. The van der Waals surface area contributed by atoms with Crippen LogP contribution in [-0.4, -0.2) is 45.2 Å². The van der Waals surface area contributed by atoms with Crippen molar-refractivity contribution in [2.24, 2.45) is 0 Å². The lowest BCUT2D eigenvalue weighted by Crippen LogP contribution is -2.32. The Balaban J connectivity index is 1.98. The van der Waals surface area contributed by atoms with Crippen molar-refractivity contribution in [1.29, 1.82) is 0 Å². The highest BCUT2D eigenvalue weighted by Gasteiger charge is 2.11. The first-order chi connectivity index (χ1) is 12.6. The maximum absolute atomic E-state index is 12.4. The Morgan fingerprint density at radius 1 is 0.923 bits per heavy atom. The van der Waals surface area contributed by atoms with Gasteiger partial charge in [0.15, 0.2) is 0 Å². The summed E-state index contributed by atoms with van der Waals surface area (Å²) in [5.74, 6) is 1.99. The molecule has 2 aromatic carbocycles. The van der Waals surface area contributed by atoms with Crippen molar-refractivity contribution >= 4 is 11.6 Å². The smallest absolute Gasteiger partial charge is 0.238 e. The first-order valence-corrected chi connectivity index (χ1v) is 8.46. The number of hydrogen-bond donors (Lipinski definition) is 1. The van der Waals surface area contributed by atoms with Crippen LogP contribution in [0.3, 0.4) is 0 Å². The van der Waals surface area contributed by atoms with Crippen LogP contribution in [0.25, 0.3) is 0 Å². The average Bonchev–Trinajstić information content (AvgIpc) is 2.67. The molecular weight excluding hydrogens is 332 g/mol. The fourth-order valence-electron chi connectivity index (χ4n) is 2.55. The Hall–Kier alpha value is -2.73. The van der Waals surface area contributed by atoms with E-state index in [9.17, 15) is 4.79 Å². The van der Waals surface area contributed by atoms with Gasteiger partial charge in [-0.05, 0) is 24.2 Å².